The lowest BCUT2D eigenvalue weighted by Crippen LogP contribution is -2.46. The Balaban J connectivity index is 1.24. The van der Waals surface area contributed by atoms with Gasteiger partial charge in [-0.25, -0.2) is 14.2 Å². The summed E-state index contributed by atoms with van der Waals surface area (Å²) in [6.45, 7) is 8.16. The molecule has 6 rings (SSSR count). The van der Waals surface area contributed by atoms with Crippen molar-refractivity contribution >= 4 is 29.8 Å². The lowest BCUT2D eigenvalue weighted by molar-refractivity contribution is -0.143. The molecule has 45 heavy (non-hydrogen) atoms. The summed E-state index contributed by atoms with van der Waals surface area (Å²) in [4.78, 5) is 52.7. The van der Waals surface area contributed by atoms with Crippen LogP contribution < -0.4 is 4.90 Å². The topological polar surface area (TPSA) is 92.7 Å². The summed E-state index contributed by atoms with van der Waals surface area (Å²) in [5, 5.41) is 0. The number of aryl methyl sites for hydroxylation is 1. The Hall–Kier alpha value is -4.40. The lowest BCUT2D eigenvalue weighted by Gasteiger charge is -2.34. The number of alkyl halides is 1. The van der Waals surface area contributed by atoms with Gasteiger partial charge in [0.2, 0.25) is 11.8 Å². The van der Waals surface area contributed by atoms with Crippen LogP contribution in [0.25, 0.3) is 6.08 Å². The summed E-state index contributed by atoms with van der Waals surface area (Å²) in [7, 11) is 0. The Kier molecular flexibility index (Phi) is 7.62. The Morgan fingerprint density at radius 3 is 2.62 bits per heavy atom. The van der Waals surface area contributed by atoms with Crippen molar-refractivity contribution in [2.45, 2.75) is 77.4 Å². The predicted molar refractivity (Wildman–Crippen MR) is 169 cm³/mol. The maximum absolute atomic E-state index is 14.0. The molecule has 234 valence electrons. The average molecular weight is 611 g/mol. The Morgan fingerprint density at radius 1 is 1.09 bits per heavy atom. The van der Waals surface area contributed by atoms with E-state index >= 15 is 0 Å². The van der Waals surface area contributed by atoms with Gasteiger partial charge in [0.25, 0.3) is 0 Å². The SMILES string of the molecule is CC(C)(C)OC(=O)N1C(=O)[C@]2(Cc3cc(C=CCN(C(=O)C(C)(C)CF)[C@@H]4CCc5ccccc54)cnc3C2)c2cccnc21. The maximum atomic E-state index is 14.0. The van der Waals surface area contributed by atoms with E-state index in [0.717, 1.165) is 40.1 Å². The molecule has 2 aromatic heterocycles. The van der Waals surface area contributed by atoms with Gasteiger partial charge in [0, 0.05) is 36.6 Å². The number of benzene rings is 1. The number of halogens is 1. The Bertz CT molecular complexity index is 1710. The zero-order valence-corrected chi connectivity index (χ0v) is 26.5. The lowest BCUT2D eigenvalue weighted by atomic mass is 9.79. The second kappa shape index (κ2) is 11.2. The van der Waals surface area contributed by atoms with Gasteiger partial charge in [0.05, 0.1) is 16.9 Å². The number of ether oxygens (including phenoxy) is 1. The molecule has 0 saturated heterocycles. The largest absolute Gasteiger partial charge is 0.443 e. The number of carbonyl (C=O) groups is 3. The monoisotopic (exact) mass is 610 g/mol. The van der Waals surface area contributed by atoms with Crippen LogP contribution in [0.5, 0.6) is 0 Å². The van der Waals surface area contributed by atoms with Gasteiger partial charge in [-0.1, -0.05) is 42.5 Å². The molecule has 1 aliphatic heterocycles. The molecular weight excluding hydrogens is 571 g/mol. The molecule has 1 spiro atoms. The summed E-state index contributed by atoms with van der Waals surface area (Å²) in [6.07, 6.45) is 8.83. The maximum Gasteiger partial charge on any atom is 0.423 e. The fourth-order valence-corrected chi connectivity index (χ4v) is 6.79. The first-order valence-corrected chi connectivity index (χ1v) is 15.5. The number of fused-ring (bicyclic) bond motifs is 4. The van der Waals surface area contributed by atoms with Crippen LogP contribution in [0.15, 0.2) is 60.9 Å². The number of nitrogens with zero attached hydrogens (tertiary/aromatic N) is 4. The van der Waals surface area contributed by atoms with Crippen LogP contribution in [-0.4, -0.2) is 51.6 Å². The quantitative estimate of drug-likeness (QED) is 0.324. The number of anilines is 1. The second-order valence-corrected chi connectivity index (χ2v) is 13.9. The van der Waals surface area contributed by atoms with Crippen LogP contribution in [0.3, 0.4) is 0 Å². The first-order chi connectivity index (χ1) is 21.3. The van der Waals surface area contributed by atoms with Crippen LogP contribution in [0.4, 0.5) is 15.0 Å². The third-order valence-corrected chi connectivity index (χ3v) is 9.01. The fourth-order valence-electron chi connectivity index (χ4n) is 6.79. The molecule has 2 atom stereocenters. The van der Waals surface area contributed by atoms with Crippen molar-refractivity contribution in [2.24, 2.45) is 5.41 Å². The van der Waals surface area contributed by atoms with Crippen molar-refractivity contribution in [3.8, 4) is 0 Å². The van der Waals surface area contributed by atoms with Gasteiger partial charge in [-0.05, 0) is 88.3 Å². The Morgan fingerprint density at radius 2 is 1.87 bits per heavy atom. The number of hydrogen-bond acceptors (Lipinski definition) is 6. The minimum absolute atomic E-state index is 0.114. The van der Waals surface area contributed by atoms with Gasteiger partial charge in [-0.2, -0.15) is 4.90 Å². The van der Waals surface area contributed by atoms with Gasteiger partial charge in [-0.3, -0.25) is 14.6 Å². The number of imide groups is 1. The van der Waals surface area contributed by atoms with Crippen LogP contribution in [0.1, 0.15) is 80.6 Å². The van der Waals surface area contributed by atoms with Crippen molar-refractivity contribution in [2.75, 3.05) is 18.1 Å². The highest BCUT2D eigenvalue weighted by Crippen LogP contribution is 2.49. The summed E-state index contributed by atoms with van der Waals surface area (Å²) in [5.41, 5.74) is 2.70. The van der Waals surface area contributed by atoms with Gasteiger partial charge < -0.3 is 9.64 Å². The highest BCUT2D eigenvalue weighted by Gasteiger charge is 2.57. The van der Waals surface area contributed by atoms with E-state index in [2.05, 4.69) is 17.1 Å². The van der Waals surface area contributed by atoms with Crippen LogP contribution in [0.2, 0.25) is 0 Å². The summed E-state index contributed by atoms with van der Waals surface area (Å²) in [5.74, 6) is -0.270. The molecule has 9 heteroatoms. The van der Waals surface area contributed by atoms with E-state index < -0.39 is 29.2 Å². The van der Waals surface area contributed by atoms with Gasteiger partial charge in [0.1, 0.15) is 18.1 Å². The van der Waals surface area contributed by atoms with Gasteiger partial charge in [0.15, 0.2) is 0 Å². The van der Waals surface area contributed by atoms with E-state index in [4.69, 9.17) is 9.72 Å². The zero-order valence-electron chi connectivity index (χ0n) is 26.5. The molecule has 0 unspecified atom stereocenters. The standard InChI is InChI=1S/C36H39FN4O4/c1-34(2,3)45-33(44)41-30-27(13-8-16-38-30)36(32(41)43)19-25-18-23(21-39-28(25)20-36)10-9-17-40(31(42)35(4,5)22-37)29-15-14-24-11-6-7-12-26(24)29/h6-13,16,18,21,29H,14-15,17,19-20,22H2,1-5H3/t29-,36+/m1/s1. The predicted octanol–water partition coefficient (Wildman–Crippen LogP) is 6.32. The molecule has 0 saturated carbocycles. The van der Waals surface area contributed by atoms with E-state index in [1.54, 1.807) is 58.0 Å². The molecule has 3 aromatic rings. The molecule has 3 amide bonds. The fraction of sp³-hybridized carbons (Fsp3) is 0.417. The van der Waals surface area contributed by atoms with Gasteiger partial charge >= 0.3 is 6.09 Å². The molecule has 3 aliphatic rings. The van der Waals surface area contributed by atoms with E-state index in [1.807, 2.05) is 36.4 Å². The van der Waals surface area contributed by atoms with Crippen LogP contribution in [0, 0.1) is 5.41 Å². The summed E-state index contributed by atoms with van der Waals surface area (Å²) >= 11 is 0. The third kappa shape index (κ3) is 5.42. The molecule has 0 bridgehead atoms. The van der Waals surface area contributed by atoms with Crippen molar-refractivity contribution in [1.29, 1.82) is 0 Å². The van der Waals surface area contributed by atoms with E-state index in [9.17, 15) is 18.8 Å². The molecule has 0 fully saturated rings. The first-order valence-electron chi connectivity index (χ1n) is 15.5. The van der Waals surface area contributed by atoms with E-state index in [1.165, 1.54) is 5.56 Å². The zero-order chi connectivity index (χ0) is 32.1. The second-order valence-electron chi connectivity index (χ2n) is 13.9. The summed E-state index contributed by atoms with van der Waals surface area (Å²) < 4.78 is 19.5. The van der Waals surface area contributed by atoms with E-state index in [0.29, 0.717) is 30.8 Å². The normalized spacial score (nSPS) is 20.4. The molecular formula is C36H39FN4O4. The smallest absolute Gasteiger partial charge is 0.423 e. The molecule has 1 aromatic carbocycles. The van der Waals surface area contributed by atoms with Crippen molar-refractivity contribution in [3.63, 3.8) is 0 Å². The minimum atomic E-state index is -1.12. The molecule has 2 aliphatic carbocycles. The average Bonchev–Trinajstić information content (AvgIpc) is 3.67. The number of carbonyl (C=O) groups excluding carboxylic acids is 3. The highest BCUT2D eigenvalue weighted by atomic mass is 19.1. The number of pyridine rings is 2. The van der Waals surface area contributed by atoms with Crippen molar-refractivity contribution in [1.82, 2.24) is 14.9 Å². The van der Waals surface area contributed by atoms with E-state index in [-0.39, 0.29) is 17.9 Å². The molecule has 3 heterocycles. The number of rotatable bonds is 6. The van der Waals surface area contributed by atoms with Crippen LogP contribution in [-0.2, 0) is 39.0 Å². The van der Waals surface area contributed by atoms with Gasteiger partial charge in [-0.15, -0.1) is 0 Å². The first kappa shape index (κ1) is 30.6. The number of aromatic nitrogens is 2. The molecule has 0 radical (unpaired) electrons. The van der Waals surface area contributed by atoms with Crippen molar-refractivity contribution in [3.05, 3.63) is 94.4 Å². The minimum Gasteiger partial charge on any atom is -0.443 e. The van der Waals surface area contributed by atoms with Crippen LogP contribution >= 0.6 is 0 Å². The highest BCUT2D eigenvalue weighted by molar-refractivity contribution is 6.20. The Labute approximate surface area is 263 Å². The molecule has 8 nitrogen and oxygen atoms in total. The molecule has 0 N–H and O–H groups in total. The number of amides is 3. The van der Waals surface area contributed by atoms with Crippen molar-refractivity contribution < 1.29 is 23.5 Å². The number of hydrogen-bond donors (Lipinski definition) is 0. The summed E-state index contributed by atoms with van der Waals surface area (Å²) in [6, 6.07) is 13.7. The third-order valence-electron chi connectivity index (χ3n) is 9.01.